The zero-order chi connectivity index (χ0) is 15.8. The van der Waals surface area contributed by atoms with Gasteiger partial charge in [-0.3, -0.25) is 4.79 Å². The van der Waals surface area contributed by atoms with E-state index in [1.54, 1.807) is 11.3 Å². The summed E-state index contributed by atoms with van der Waals surface area (Å²) in [6, 6.07) is 3.97. The predicted octanol–water partition coefficient (Wildman–Crippen LogP) is 3.47. The van der Waals surface area contributed by atoms with Gasteiger partial charge in [-0.1, -0.05) is 0 Å². The number of thioether (sulfide) groups is 1. The lowest BCUT2D eigenvalue weighted by Crippen LogP contribution is -2.14. The van der Waals surface area contributed by atoms with Crippen LogP contribution in [0.25, 0.3) is 5.00 Å². The van der Waals surface area contributed by atoms with Gasteiger partial charge in [0.15, 0.2) is 4.80 Å². The maximum atomic E-state index is 12.9. The summed E-state index contributed by atoms with van der Waals surface area (Å²) in [5.74, 6) is 1.94. The largest absolute Gasteiger partial charge is 0.327 e. The molecule has 4 heterocycles. The molecule has 1 amide bonds. The maximum Gasteiger partial charge on any atom is 0.282 e. The molecule has 0 radical (unpaired) electrons. The highest BCUT2D eigenvalue weighted by molar-refractivity contribution is 7.98. The van der Waals surface area contributed by atoms with Crippen LogP contribution in [0.2, 0.25) is 0 Å². The lowest BCUT2D eigenvalue weighted by molar-refractivity contribution is 0.0997. The molecule has 0 aliphatic carbocycles. The fourth-order valence-electron chi connectivity index (χ4n) is 2.67. The summed E-state index contributed by atoms with van der Waals surface area (Å²) in [7, 11) is 1.91. The number of carbonyl (C=O) groups is 1. The Morgan fingerprint density at radius 3 is 2.83 bits per heavy atom. The minimum atomic E-state index is -0.129. The average molecular weight is 362 g/mol. The molecule has 0 N–H and O–H groups in total. The Bertz CT molecular complexity index is 915. The Balaban J connectivity index is 1.88. The van der Waals surface area contributed by atoms with Crippen molar-refractivity contribution in [3.05, 3.63) is 56.9 Å². The highest BCUT2D eigenvalue weighted by atomic mass is 32.2. The average Bonchev–Trinajstić information content (AvgIpc) is 3.26. The van der Waals surface area contributed by atoms with Gasteiger partial charge in [-0.2, -0.15) is 16.8 Å². The van der Waals surface area contributed by atoms with Crippen LogP contribution in [0.3, 0.4) is 0 Å². The third kappa shape index (κ3) is 2.73. The van der Waals surface area contributed by atoms with Crippen LogP contribution in [0.5, 0.6) is 0 Å². The molecule has 0 atom stereocenters. The van der Waals surface area contributed by atoms with Gasteiger partial charge in [-0.05, 0) is 29.9 Å². The van der Waals surface area contributed by atoms with Crippen LogP contribution in [0.15, 0.2) is 41.1 Å². The number of thiazole rings is 1. The summed E-state index contributed by atoms with van der Waals surface area (Å²) in [4.78, 5) is 19.3. The number of thiophene rings is 1. The number of rotatable bonds is 2. The minimum Gasteiger partial charge on any atom is -0.327 e. The van der Waals surface area contributed by atoms with Gasteiger partial charge in [0.1, 0.15) is 5.00 Å². The van der Waals surface area contributed by atoms with Crippen LogP contribution in [-0.2, 0) is 19.2 Å². The highest BCUT2D eigenvalue weighted by Gasteiger charge is 2.26. The normalized spacial score (nSPS) is 14.9. The van der Waals surface area contributed by atoms with Gasteiger partial charge in [0.25, 0.3) is 5.91 Å². The number of aromatic nitrogens is 2. The van der Waals surface area contributed by atoms with E-state index < -0.39 is 0 Å². The fourth-order valence-corrected chi connectivity index (χ4v) is 5.83. The van der Waals surface area contributed by atoms with E-state index >= 15 is 0 Å². The van der Waals surface area contributed by atoms with E-state index in [4.69, 9.17) is 0 Å². The van der Waals surface area contributed by atoms with E-state index in [9.17, 15) is 4.79 Å². The van der Waals surface area contributed by atoms with Gasteiger partial charge in [0.2, 0.25) is 0 Å². The van der Waals surface area contributed by atoms with Gasteiger partial charge < -0.3 is 9.13 Å². The maximum absolute atomic E-state index is 12.9. The quantitative estimate of drug-likeness (QED) is 0.701. The van der Waals surface area contributed by atoms with E-state index in [1.165, 1.54) is 21.8 Å². The van der Waals surface area contributed by atoms with E-state index in [0.717, 1.165) is 33.3 Å². The SMILES string of the molecule is Cn1ccsc1=NC(=O)c1c(-n2cccc2)sc2c1CCSC2. The number of carbonyl (C=O) groups excluding carboxylic acids is 1. The van der Waals surface area contributed by atoms with Crippen molar-refractivity contribution in [1.29, 1.82) is 0 Å². The number of fused-ring (bicyclic) bond motifs is 1. The zero-order valence-corrected chi connectivity index (χ0v) is 15.0. The highest BCUT2D eigenvalue weighted by Crippen LogP contribution is 2.38. The smallest absolute Gasteiger partial charge is 0.282 e. The molecule has 0 saturated heterocycles. The van der Waals surface area contributed by atoms with Gasteiger partial charge in [0.05, 0.1) is 5.56 Å². The van der Waals surface area contributed by atoms with Crippen molar-refractivity contribution in [2.24, 2.45) is 12.0 Å². The third-order valence-corrected chi connectivity index (χ3v) is 7.07. The molecule has 118 valence electrons. The standard InChI is InChI=1S/C16H15N3OS3/c1-18-7-9-22-16(18)17-14(20)13-11-4-8-21-10-12(11)23-15(13)19-5-2-3-6-19/h2-3,5-7,9H,4,8,10H2,1H3. The first-order chi connectivity index (χ1) is 11.2. The van der Waals surface area contributed by atoms with Crippen molar-refractivity contribution < 1.29 is 4.79 Å². The van der Waals surface area contributed by atoms with Crippen molar-refractivity contribution >= 4 is 40.3 Å². The van der Waals surface area contributed by atoms with Gasteiger partial charge >= 0.3 is 0 Å². The summed E-state index contributed by atoms with van der Waals surface area (Å²) in [5.41, 5.74) is 1.99. The van der Waals surface area contributed by atoms with E-state index in [1.807, 2.05) is 64.0 Å². The molecule has 0 fully saturated rings. The van der Waals surface area contributed by atoms with Crippen molar-refractivity contribution in [2.45, 2.75) is 12.2 Å². The second-order valence-electron chi connectivity index (χ2n) is 5.29. The lowest BCUT2D eigenvalue weighted by Gasteiger charge is -2.11. The molecule has 1 aliphatic rings. The zero-order valence-electron chi connectivity index (χ0n) is 12.6. The number of hydrogen-bond acceptors (Lipinski definition) is 4. The van der Waals surface area contributed by atoms with E-state index in [0.29, 0.717) is 0 Å². The van der Waals surface area contributed by atoms with Crippen molar-refractivity contribution in [1.82, 2.24) is 9.13 Å². The molecule has 0 unspecified atom stereocenters. The molecular formula is C16H15N3OS3. The second kappa shape index (κ2) is 6.14. The summed E-state index contributed by atoms with van der Waals surface area (Å²) < 4.78 is 3.91. The minimum absolute atomic E-state index is 0.129. The summed E-state index contributed by atoms with van der Waals surface area (Å²) in [5, 5.41) is 2.94. The molecule has 23 heavy (non-hydrogen) atoms. The van der Waals surface area contributed by atoms with E-state index in [-0.39, 0.29) is 5.91 Å². The molecule has 0 aromatic carbocycles. The van der Waals surface area contributed by atoms with Crippen LogP contribution in [-0.4, -0.2) is 20.8 Å². The first-order valence-electron chi connectivity index (χ1n) is 7.29. The number of hydrogen-bond donors (Lipinski definition) is 0. The summed E-state index contributed by atoms with van der Waals surface area (Å²) >= 11 is 5.14. The summed E-state index contributed by atoms with van der Waals surface area (Å²) in [6.45, 7) is 0. The number of nitrogens with zero attached hydrogens (tertiary/aromatic N) is 3. The van der Waals surface area contributed by atoms with Crippen LogP contribution in [0.1, 0.15) is 20.8 Å². The van der Waals surface area contributed by atoms with Crippen molar-refractivity contribution in [2.75, 3.05) is 5.75 Å². The lowest BCUT2D eigenvalue weighted by atomic mass is 10.1. The van der Waals surface area contributed by atoms with E-state index in [2.05, 4.69) is 4.99 Å². The molecule has 4 nitrogen and oxygen atoms in total. The van der Waals surface area contributed by atoms with Crippen LogP contribution in [0, 0.1) is 0 Å². The van der Waals surface area contributed by atoms with Gasteiger partial charge in [-0.15, -0.1) is 22.7 Å². The molecule has 7 heteroatoms. The van der Waals surface area contributed by atoms with Crippen LogP contribution >= 0.6 is 34.4 Å². The number of aryl methyl sites for hydroxylation is 1. The fraction of sp³-hybridized carbons (Fsp3) is 0.250. The van der Waals surface area contributed by atoms with Crippen molar-refractivity contribution in [3.63, 3.8) is 0 Å². The Labute approximate surface area is 146 Å². The van der Waals surface area contributed by atoms with Crippen molar-refractivity contribution in [3.8, 4) is 5.00 Å². The molecule has 0 saturated carbocycles. The monoisotopic (exact) mass is 361 g/mol. The molecule has 3 aromatic heterocycles. The second-order valence-corrected chi connectivity index (χ2v) is 8.35. The molecular weight excluding hydrogens is 346 g/mol. The molecule has 4 rings (SSSR count). The third-order valence-electron chi connectivity index (χ3n) is 3.81. The predicted molar refractivity (Wildman–Crippen MR) is 96.7 cm³/mol. The topological polar surface area (TPSA) is 39.3 Å². The molecule has 0 bridgehead atoms. The molecule has 3 aromatic rings. The Kier molecular flexibility index (Phi) is 4.00. The summed E-state index contributed by atoms with van der Waals surface area (Å²) in [6.07, 6.45) is 6.85. The first kappa shape index (κ1) is 15.0. The van der Waals surface area contributed by atoms with Gasteiger partial charge in [-0.25, -0.2) is 0 Å². The Hall–Kier alpha value is -1.57. The molecule has 0 spiro atoms. The Morgan fingerprint density at radius 2 is 2.09 bits per heavy atom. The first-order valence-corrected chi connectivity index (χ1v) is 10.1. The molecule has 1 aliphatic heterocycles. The number of amides is 1. The Morgan fingerprint density at radius 1 is 1.26 bits per heavy atom. The van der Waals surface area contributed by atoms with Crippen LogP contribution in [0.4, 0.5) is 0 Å². The van der Waals surface area contributed by atoms with Gasteiger partial charge in [0, 0.05) is 41.6 Å². The van der Waals surface area contributed by atoms with Crippen LogP contribution < -0.4 is 4.80 Å².